The third kappa shape index (κ3) is 3.53. The molecule has 5 nitrogen and oxygen atoms in total. The van der Waals surface area contributed by atoms with Gasteiger partial charge >= 0.3 is 0 Å². The minimum absolute atomic E-state index is 0.247. The number of halogens is 1. The molecular formula is C12H16BrN5. The van der Waals surface area contributed by atoms with Crippen LogP contribution in [-0.4, -0.2) is 25.8 Å². The molecule has 0 fully saturated rings. The molecule has 0 aromatic carbocycles. The first-order valence-corrected chi connectivity index (χ1v) is 6.74. The lowest BCUT2D eigenvalue weighted by Gasteiger charge is -2.15. The molecule has 0 spiro atoms. The summed E-state index contributed by atoms with van der Waals surface area (Å²) in [6.45, 7) is 4.94. The van der Waals surface area contributed by atoms with E-state index in [0.29, 0.717) is 0 Å². The summed E-state index contributed by atoms with van der Waals surface area (Å²) >= 11 is 3.40. The van der Waals surface area contributed by atoms with Gasteiger partial charge < -0.3 is 5.32 Å². The Labute approximate surface area is 115 Å². The first-order chi connectivity index (χ1) is 8.67. The Bertz CT molecular complexity index is 497. The van der Waals surface area contributed by atoms with Crippen LogP contribution in [0.3, 0.4) is 0 Å². The monoisotopic (exact) mass is 309 g/mol. The summed E-state index contributed by atoms with van der Waals surface area (Å²) in [5, 5.41) is 7.54. The molecule has 2 aromatic rings. The molecule has 2 aromatic heterocycles. The van der Waals surface area contributed by atoms with Crippen molar-refractivity contribution in [3.05, 3.63) is 35.0 Å². The fourth-order valence-corrected chi connectivity index (χ4v) is 2.11. The number of nitrogens with zero attached hydrogens (tertiary/aromatic N) is 4. The average molecular weight is 310 g/mol. The van der Waals surface area contributed by atoms with E-state index in [4.69, 9.17) is 0 Å². The molecule has 0 radical (unpaired) electrons. The van der Waals surface area contributed by atoms with E-state index in [9.17, 15) is 0 Å². The lowest BCUT2D eigenvalue weighted by atomic mass is 10.3. The Balaban J connectivity index is 2.02. The van der Waals surface area contributed by atoms with Crippen LogP contribution in [0.1, 0.15) is 19.7 Å². The maximum Gasteiger partial charge on any atom is 0.131 e. The van der Waals surface area contributed by atoms with Crippen molar-refractivity contribution in [2.45, 2.75) is 32.9 Å². The fourth-order valence-electron chi connectivity index (χ4n) is 1.68. The number of hydrogen-bond donors (Lipinski definition) is 1. The predicted octanol–water partition coefficient (Wildman–Crippen LogP) is 2.50. The molecule has 1 unspecified atom stereocenters. The molecule has 1 N–H and O–H groups in total. The van der Waals surface area contributed by atoms with Crippen LogP contribution in [0.5, 0.6) is 0 Å². The molecule has 2 rings (SSSR count). The number of aryl methyl sites for hydroxylation is 1. The van der Waals surface area contributed by atoms with Crippen LogP contribution in [0.2, 0.25) is 0 Å². The van der Waals surface area contributed by atoms with Crippen LogP contribution in [-0.2, 0) is 13.0 Å². The minimum Gasteiger partial charge on any atom is -0.366 e. The third-order valence-electron chi connectivity index (χ3n) is 2.47. The molecule has 96 valence electrons. The van der Waals surface area contributed by atoms with Gasteiger partial charge in [-0.3, -0.25) is 4.68 Å². The standard InChI is InChI=1S/C12H16BrN5/c1-3-11-16-10(13)7-12(17-11)15-9(2)8-18-6-4-5-14-18/h4-7,9H,3,8H2,1-2H3,(H,15,16,17). The first-order valence-electron chi connectivity index (χ1n) is 5.94. The van der Waals surface area contributed by atoms with Crippen molar-refractivity contribution < 1.29 is 0 Å². The molecule has 1 atom stereocenters. The van der Waals surface area contributed by atoms with Crippen molar-refractivity contribution in [1.29, 1.82) is 0 Å². The minimum atomic E-state index is 0.247. The Kier molecular flexibility index (Phi) is 4.30. The normalized spacial score (nSPS) is 12.4. The van der Waals surface area contributed by atoms with E-state index in [0.717, 1.165) is 29.2 Å². The molecule has 0 aliphatic rings. The summed E-state index contributed by atoms with van der Waals surface area (Å²) in [7, 11) is 0. The third-order valence-corrected chi connectivity index (χ3v) is 2.88. The smallest absolute Gasteiger partial charge is 0.131 e. The quantitative estimate of drug-likeness (QED) is 0.862. The second kappa shape index (κ2) is 5.95. The van der Waals surface area contributed by atoms with Gasteiger partial charge in [0.1, 0.15) is 16.2 Å². The van der Waals surface area contributed by atoms with Gasteiger partial charge in [-0.15, -0.1) is 0 Å². The van der Waals surface area contributed by atoms with Crippen molar-refractivity contribution in [1.82, 2.24) is 19.7 Å². The molecule has 0 amide bonds. The lowest BCUT2D eigenvalue weighted by molar-refractivity contribution is 0.559. The summed E-state index contributed by atoms with van der Waals surface area (Å²) in [5.41, 5.74) is 0. The Morgan fingerprint density at radius 3 is 2.94 bits per heavy atom. The zero-order chi connectivity index (χ0) is 13.0. The van der Waals surface area contributed by atoms with Crippen molar-refractivity contribution in [2.24, 2.45) is 0 Å². The number of aromatic nitrogens is 4. The maximum absolute atomic E-state index is 4.44. The van der Waals surface area contributed by atoms with Gasteiger partial charge in [-0.1, -0.05) is 6.92 Å². The molecule has 0 bridgehead atoms. The largest absolute Gasteiger partial charge is 0.366 e. The van der Waals surface area contributed by atoms with Gasteiger partial charge in [0.2, 0.25) is 0 Å². The molecular weight excluding hydrogens is 294 g/mol. The van der Waals surface area contributed by atoms with Gasteiger partial charge in [0.15, 0.2) is 0 Å². The van der Waals surface area contributed by atoms with Crippen LogP contribution in [0, 0.1) is 0 Å². The summed E-state index contributed by atoms with van der Waals surface area (Å²) in [6.07, 6.45) is 4.55. The van der Waals surface area contributed by atoms with E-state index >= 15 is 0 Å². The zero-order valence-electron chi connectivity index (χ0n) is 10.5. The van der Waals surface area contributed by atoms with Gasteiger partial charge in [-0.25, -0.2) is 9.97 Å². The highest BCUT2D eigenvalue weighted by molar-refractivity contribution is 9.10. The molecule has 0 aliphatic carbocycles. The second-order valence-corrected chi connectivity index (χ2v) is 4.93. The van der Waals surface area contributed by atoms with Crippen LogP contribution < -0.4 is 5.32 Å². The van der Waals surface area contributed by atoms with Crippen molar-refractivity contribution in [3.8, 4) is 0 Å². The molecule has 6 heteroatoms. The fraction of sp³-hybridized carbons (Fsp3) is 0.417. The van der Waals surface area contributed by atoms with Crippen LogP contribution in [0.25, 0.3) is 0 Å². The number of nitrogens with one attached hydrogen (secondary N) is 1. The Morgan fingerprint density at radius 2 is 2.28 bits per heavy atom. The van der Waals surface area contributed by atoms with Crippen LogP contribution in [0.15, 0.2) is 29.1 Å². The number of hydrogen-bond acceptors (Lipinski definition) is 4. The van der Waals surface area contributed by atoms with Gasteiger partial charge in [0, 0.05) is 30.9 Å². The Morgan fingerprint density at radius 1 is 1.44 bits per heavy atom. The Hall–Kier alpha value is -1.43. The van der Waals surface area contributed by atoms with Crippen LogP contribution in [0.4, 0.5) is 5.82 Å². The van der Waals surface area contributed by atoms with Crippen molar-refractivity contribution in [2.75, 3.05) is 5.32 Å². The summed E-state index contributed by atoms with van der Waals surface area (Å²) in [4.78, 5) is 8.72. The molecule has 18 heavy (non-hydrogen) atoms. The van der Waals surface area contributed by atoms with E-state index in [1.54, 1.807) is 6.20 Å². The molecule has 0 aliphatic heterocycles. The van der Waals surface area contributed by atoms with Gasteiger partial charge in [0.05, 0.1) is 6.54 Å². The summed E-state index contributed by atoms with van der Waals surface area (Å²) in [5.74, 6) is 1.67. The highest BCUT2D eigenvalue weighted by atomic mass is 79.9. The van der Waals surface area contributed by atoms with Gasteiger partial charge in [-0.2, -0.15) is 5.10 Å². The van der Waals surface area contributed by atoms with Gasteiger partial charge in [0.25, 0.3) is 0 Å². The second-order valence-electron chi connectivity index (χ2n) is 4.12. The molecule has 0 saturated carbocycles. The van der Waals surface area contributed by atoms with E-state index in [1.807, 2.05) is 29.9 Å². The molecule has 0 saturated heterocycles. The summed E-state index contributed by atoms with van der Waals surface area (Å²) < 4.78 is 2.71. The zero-order valence-corrected chi connectivity index (χ0v) is 12.1. The topological polar surface area (TPSA) is 55.6 Å². The number of anilines is 1. The average Bonchev–Trinajstić information content (AvgIpc) is 2.80. The van der Waals surface area contributed by atoms with Crippen LogP contribution >= 0.6 is 15.9 Å². The van der Waals surface area contributed by atoms with Crippen molar-refractivity contribution in [3.63, 3.8) is 0 Å². The first kappa shape index (κ1) is 13.0. The summed E-state index contributed by atoms with van der Waals surface area (Å²) in [6, 6.07) is 4.05. The SMILES string of the molecule is CCc1nc(Br)cc(NC(C)Cn2cccn2)n1. The highest BCUT2D eigenvalue weighted by Crippen LogP contribution is 2.13. The van der Waals surface area contributed by atoms with Crippen molar-refractivity contribution >= 4 is 21.7 Å². The maximum atomic E-state index is 4.44. The highest BCUT2D eigenvalue weighted by Gasteiger charge is 2.06. The lowest BCUT2D eigenvalue weighted by Crippen LogP contribution is -2.23. The van der Waals surface area contributed by atoms with E-state index in [-0.39, 0.29) is 6.04 Å². The van der Waals surface area contributed by atoms with E-state index in [1.165, 1.54) is 0 Å². The molecule has 2 heterocycles. The van der Waals surface area contributed by atoms with E-state index in [2.05, 4.69) is 43.2 Å². The number of rotatable bonds is 5. The predicted molar refractivity (Wildman–Crippen MR) is 74.4 cm³/mol. The van der Waals surface area contributed by atoms with E-state index < -0.39 is 0 Å². The van der Waals surface area contributed by atoms with Gasteiger partial charge in [-0.05, 0) is 28.9 Å².